The first kappa shape index (κ1) is 12.3. The standard InChI is InChI=1S/C12H21NO2S/c13-11(16)7-12(4-5-12)9-14-8-10-3-1-2-6-15-10/h10H,1-9H2,(H2,13,16). The van der Waals surface area contributed by atoms with Crippen LogP contribution < -0.4 is 5.73 Å². The second kappa shape index (κ2) is 5.43. The van der Waals surface area contributed by atoms with E-state index < -0.39 is 0 Å². The zero-order valence-corrected chi connectivity index (χ0v) is 10.6. The Hall–Kier alpha value is -0.190. The third-order valence-electron chi connectivity index (χ3n) is 3.49. The Morgan fingerprint density at radius 2 is 2.25 bits per heavy atom. The number of hydrogen-bond donors (Lipinski definition) is 1. The van der Waals surface area contributed by atoms with Crippen molar-refractivity contribution in [2.24, 2.45) is 11.1 Å². The van der Waals surface area contributed by atoms with E-state index in [1.165, 1.54) is 25.7 Å². The normalized spacial score (nSPS) is 27.6. The van der Waals surface area contributed by atoms with Crippen molar-refractivity contribution in [3.05, 3.63) is 0 Å². The van der Waals surface area contributed by atoms with Crippen molar-refractivity contribution >= 4 is 17.2 Å². The smallest absolute Gasteiger partial charge is 0.0808 e. The van der Waals surface area contributed by atoms with Crippen molar-refractivity contribution in [3.8, 4) is 0 Å². The zero-order valence-electron chi connectivity index (χ0n) is 9.74. The monoisotopic (exact) mass is 243 g/mol. The van der Waals surface area contributed by atoms with Crippen LogP contribution in [0.15, 0.2) is 0 Å². The van der Waals surface area contributed by atoms with Gasteiger partial charge < -0.3 is 15.2 Å². The Labute approximate surface area is 103 Å². The fraction of sp³-hybridized carbons (Fsp3) is 0.917. The topological polar surface area (TPSA) is 44.5 Å². The first-order valence-electron chi connectivity index (χ1n) is 6.18. The highest BCUT2D eigenvalue weighted by molar-refractivity contribution is 7.80. The van der Waals surface area contributed by atoms with Gasteiger partial charge in [0, 0.05) is 18.4 Å². The molecule has 2 rings (SSSR count). The van der Waals surface area contributed by atoms with Crippen molar-refractivity contribution in [1.29, 1.82) is 0 Å². The van der Waals surface area contributed by atoms with Crippen LogP contribution in [0.5, 0.6) is 0 Å². The van der Waals surface area contributed by atoms with Gasteiger partial charge >= 0.3 is 0 Å². The lowest BCUT2D eigenvalue weighted by Crippen LogP contribution is -2.27. The molecular formula is C12H21NO2S. The van der Waals surface area contributed by atoms with Crippen LogP contribution >= 0.6 is 12.2 Å². The molecule has 1 unspecified atom stereocenters. The first-order chi connectivity index (χ1) is 7.70. The Morgan fingerprint density at radius 1 is 1.44 bits per heavy atom. The van der Waals surface area contributed by atoms with Crippen LogP contribution in [-0.2, 0) is 9.47 Å². The van der Waals surface area contributed by atoms with Crippen molar-refractivity contribution in [1.82, 2.24) is 0 Å². The van der Waals surface area contributed by atoms with Gasteiger partial charge in [-0.1, -0.05) is 12.2 Å². The molecule has 4 heteroatoms. The summed E-state index contributed by atoms with van der Waals surface area (Å²) < 4.78 is 11.4. The minimum absolute atomic E-state index is 0.278. The molecule has 1 heterocycles. The van der Waals surface area contributed by atoms with E-state index in [0.717, 1.165) is 32.7 Å². The van der Waals surface area contributed by atoms with Gasteiger partial charge in [0.05, 0.1) is 24.3 Å². The summed E-state index contributed by atoms with van der Waals surface area (Å²) in [6, 6.07) is 0. The van der Waals surface area contributed by atoms with Crippen molar-refractivity contribution in [2.45, 2.75) is 44.6 Å². The summed E-state index contributed by atoms with van der Waals surface area (Å²) in [6.45, 7) is 2.43. The fourth-order valence-electron chi connectivity index (χ4n) is 2.26. The quantitative estimate of drug-likeness (QED) is 0.725. The van der Waals surface area contributed by atoms with E-state index in [0.29, 0.717) is 11.1 Å². The van der Waals surface area contributed by atoms with E-state index in [-0.39, 0.29) is 5.41 Å². The Bertz CT molecular complexity index is 247. The van der Waals surface area contributed by atoms with Gasteiger partial charge in [-0.25, -0.2) is 0 Å². The predicted octanol–water partition coefficient (Wildman–Crippen LogP) is 2.03. The van der Waals surface area contributed by atoms with Crippen LogP contribution in [0.1, 0.15) is 38.5 Å². The van der Waals surface area contributed by atoms with Crippen LogP contribution in [0.2, 0.25) is 0 Å². The lowest BCUT2D eigenvalue weighted by atomic mass is 10.0. The first-order valence-corrected chi connectivity index (χ1v) is 6.59. The van der Waals surface area contributed by atoms with E-state index in [9.17, 15) is 0 Å². The minimum atomic E-state index is 0.278. The summed E-state index contributed by atoms with van der Waals surface area (Å²) in [7, 11) is 0. The molecule has 0 aromatic heterocycles. The summed E-state index contributed by atoms with van der Waals surface area (Å²) in [5, 5.41) is 0. The highest BCUT2D eigenvalue weighted by Gasteiger charge is 2.43. The van der Waals surface area contributed by atoms with Gasteiger partial charge in [0.15, 0.2) is 0 Å². The minimum Gasteiger partial charge on any atom is -0.393 e. The van der Waals surface area contributed by atoms with E-state index in [1.807, 2.05) is 0 Å². The van der Waals surface area contributed by atoms with Crippen LogP contribution in [0.3, 0.4) is 0 Å². The van der Waals surface area contributed by atoms with Crippen molar-refractivity contribution in [2.75, 3.05) is 19.8 Å². The maximum atomic E-state index is 5.76. The van der Waals surface area contributed by atoms with Crippen LogP contribution in [0, 0.1) is 5.41 Å². The van der Waals surface area contributed by atoms with Gasteiger partial charge in [0.1, 0.15) is 0 Å². The third kappa shape index (κ3) is 3.68. The highest BCUT2D eigenvalue weighted by Crippen LogP contribution is 2.49. The molecular weight excluding hydrogens is 222 g/mol. The molecule has 1 aliphatic heterocycles. The molecule has 1 saturated carbocycles. The summed E-state index contributed by atoms with van der Waals surface area (Å²) in [5.41, 5.74) is 5.86. The highest BCUT2D eigenvalue weighted by atomic mass is 32.1. The van der Waals surface area contributed by atoms with Crippen molar-refractivity contribution in [3.63, 3.8) is 0 Å². The molecule has 2 N–H and O–H groups in total. The molecule has 3 nitrogen and oxygen atoms in total. The molecule has 0 bridgehead atoms. The second-order valence-corrected chi connectivity index (χ2v) is 5.67. The summed E-state index contributed by atoms with van der Waals surface area (Å²) in [5.74, 6) is 0. The maximum Gasteiger partial charge on any atom is 0.0808 e. The molecule has 0 aromatic carbocycles. The Kier molecular flexibility index (Phi) is 4.16. The average molecular weight is 243 g/mol. The van der Waals surface area contributed by atoms with Gasteiger partial charge in [-0.2, -0.15) is 0 Å². The Morgan fingerprint density at radius 3 is 2.81 bits per heavy atom. The van der Waals surface area contributed by atoms with Gasteiger partial charge in [0.25, 0.3) is 0 Å². The maximum absolute atomic E-state index is 5.76. The van der Waals surface area contributed by atoms with Gasteiger partial charge in [-0.15, -0.1) is 0 Å². The fourth-order valence-corrected chi connectivity index (χ4v) is 2.57. The van der Waals surface area contributed by atoms with Gasteiger partial charge in [-0.05, 0) is 32.1 Å². The largest absolute Gasteiger partial charge is 0.393 e. The summed E-state index contributed by atoms with van der Waals surface area (Å²) >= 11 is 4.96. The van der Waals surface area contributed by atoms with E-state index in [2.05, 4.69) is 0 Å². The van der Waals surface area contributed by atoms with Crippen LogP contribution in [-0.4, -0.2) is 30.9 Å². The van der Waals surface area contributed by atoms with E-state index >= 15 is 0 Å². The van der Waals surface area contributed by atoms with Crippen LogP contribution in [0.4, 0.5) is 0 Å². The number of ether oxygens (including phenoxy) is 2. The lowest BCUT2D eigenvalue weighted by Gasteiger charge is -2.23. The summed E-state index contributed by atoms with van der Waals surface area (Å²) in [6.07, 6.45) is 7.17. The molecule has 2 fully saturated rings. The zero-order chi connectivity index (χ0) is 11.4. The second-order valence-electron chi connectivity index (χ2n) is 5.15. The SMILES string of the molecule is NC(=S)CC1(COCC2CCCCO2)CC1. The number of hydrogen-bond acceptors (Lipinski definition) is 3. The van der Waals surface area contributed by atoms with E-state index in [1.54, 1.807) is 0 Å². The molecule has 0 aromatic rings. The van der Waals surface area contributed by atoms with Crippen LogP contribution in [0.25, 0.3) is 0 Å². The molecule has 2 aliphatic rings. The molecule has 1 atom stereocenters. The molecule has 1 aliphatic carbocycles. The summed E-state index contributed by atoms with van der Waals surface area (Å²) in [4.78, 5) is 0.620. The third-order valence-corrected chi connectivity index (χ3v) is 3.64. The number of thiocarbonyl (C=S) groups is 1. The number of rotatable bonds is 6. The molecule has 0 spiro atoms. The van der Waals surface area contributed by atoms with Crippen molar-refractivity contribution < 1.29 is 9.47 Å². The number of nitrogens with two attached hydrogens (primary N) is 1. The molecule has 0 radical (unpaired) electrons. The molecule has 16 heavy (non-hydrogen) atoms. The van der Waals surface area contributed by atoms with E-state index in [4.69, 9.17) is 27.4 Å². The molecule has 1 saturated heterocycles. The lowest BCUT2D eigenvalue weighted by molar-refractivity contribution is -0.0484. The predicted molar refractivity (Wildman–Crippen MR) is 67.5 cm³/mol. The van der Waals surface area contributed by atoms with Gasteiger partial charge in [0.2, 0.25) is 0 Å². The average Bonchev–Trinajstić information content (AvgIpc) is 2.99. The molecule has 92 valence electrons. The molecule has 0 amide bonds. The Balaban J connectivity index is 1.62. The van der Waals surface area contributed by atoms with Gasteiger partial charge in [-0.3, -0.25) is 0 Å².